The Morgan fingerprint density at radius 3 is 2.53 bits per heavy atom. The van der Waals surface area contributed by atoms with Crippen molar-refractivity contribution in [3.63, 3.8) is 0 Å². The number of hydrogen-bond acceptors (Lipinski definition) is 3. The molecule has 5 heteroatoms. The molecular weight excluding hydrogens is 240 g/mol. The number of halogens is 1. The zero-order valence-electron chi connectivity index (χ0n) is 10.9. The van der Waals surface area contributed by atoms with E-state index in [1.165, 1.54) is 0 Å². The molecular formula is C12H25ClN2O2. The topological polar surface area (TPSA) is 41.6 Å². The van der Waals surface area contributed by atoms with Crippen LogP contribution in [0.3, 0.4) is 0 Å². The number of carbonyl (C=O) groups is 1. The van der Waals surface area contributed by atoms with Gasteiger partial charge >= 0.3 is 0 Å². The molecule has 1 heterocycles. The second-order valence-electron chi connectivity index (χ2n) is 4.14. The minimum Gasteiger partial charge on any atom is -0.380 e. The first-order valence-corrected chi connectivity index (χ1v) is 6.36. The molecule has 102 valence electrons. The third kappa shape index (κ3) is 5.70. The van der Waals surface area contributed by atoms with Crippen LogP contribution < -0.4 is 5.32 Å². The number of nitrogens with zero attached hydrogens (tertiary/aromatic N) is 1. The summed E-state index contributed by atoms with van der Waals surface area (Å²) in [5, 5.41) is 3.28. The number of ether oxygens (including phenoxy) is 1. The van der Waals surface area contributed by atoms with Crippen LogP contribution >= 0.6 is 12.4 Å². The first kappa shape index (κ1) is 16.7. The summed E-state index contributed by atoms with van der Waals surface area (Å²) in [6, 6.07) is 0. The van der Waals surface area contributed by atoms with Gasteiger partial charge in [0.25, 0.3) is 0 Å². The molecule has 1 saturated heterocycles. The SMILES string of the molecule is CCOCCN(CC)C(=O)C1CCNCC1.Cl. The van der Waals surface area contributed by atoms with Crippen molar-refractivity contribution in [2.45, 2.75) is 26.7 Å². The van der Waals surface area contributed by atoms with E-state index in [9.17, 15) is 4.79 Å². The van der Waals surface area contributed by atoms with Crippen LogP contribution in [0.1, 0.15) is 26.7 Å². The molecule has 1 fully saturated rings. The summed E-state index contributed by atoms with van der Waals surface area (Å²) in [6.45, 7) is 8.84. The third-order valence-corrected chi connectivity index (χ3v) is 3.09. The van der Waals surface area contributed by atoms with Crippen molar-refractivity contribution in [2.75, 3.05) is 39.4 Å². The minimum absolute atomic E-state index is 0. The summed E-state index contributed by atoms with van der Waals surface area (Å²) in [6.07, 6.45) is 1.95. The number of amides is 1. The Kier molecular flexibility index (Phi) is 9.50. The summed E-state index contributed by atoms with van der Waals surface area (Å²) in [5.41, 5.74) is 0. The highest BCUT2D eigenvalue weighted by Crippen LogP contribution is 2.14. The van der Waals surface area contributed by atoms with E-state index in [1.807, 2.05) is 18.7 Å². The van der Waals surface area contributed by atoms with Crippen molar-refractivity contribution in [3.8, 4) is 0 Å². The van der Waals surface area contributed by atoms with Crippen LogP contribution in [0, 0.1) is 5.92 Å². The molecule has 1 N–H and O–H groups in total. The normalized spacial score (nSPS) is 16.4. The quantitative estimate of drug-likeness (QED) is 0.735. The molecule has 17 heavy (non-hydrogen) atoms. The van der Waals surface area contributed by atoms with E-state index in [4.69, 9.17) is 4.74 Å². The fraction of sp³-hybridized carbons (Fsp3) is 0.917. The first-order valence-electron chi connectivity index (χ1n) is 6.36. The summed E-state index contributed by atoms with van der Waals surface area (Å²) in [7, 11) is 0. The molecule has 0 aromatic heterocycles. The molecule has 1 amide bonds. The van der Waals surface area contributed by atoms with Crippen LogP contribution in [-0.4, -0.2) is 50.2 Å². The average Bonchev–Trinajstić information content (AvgIpc) is 2.35. The molecule has 0 radical (unpaired) electrons. The van der Waals surface area contributed by atoms with Crippen molar-refractivity contribution < 1.29 is 9.53 Å². The van der Waals surface area contributed by atoms with Gasteiger partial charge in [-0.15, -0.1) is 12.4 Å². The third-order valence-electron chi connectivity index (χ3n) is 3.09. The maximum Gasteiger partial charge on any atom is 0.225 e. The van der Waals surface area contributed by atoms with E-state index < -0.39 is 0 Å². The molecule has 4 nitrogen and oxygen atoms in total. The Bertz CT molecular complexity index is 209. The van der Waals surface area contributed by atoms with Crippen molar-refractivity contribution in [3.05, 3.63) is 0 Å². The molecule has 0 unspecified atom stereocenters. The second kappa shape index (κ2) is 9.68. The number of piperidine rings is 1. The van der Waals surface area contributed by atoms with Gasteiger partial charge in [0, 0.05) is 25.6 Å². The predicted octanol–water partition coefficient (Wildman–Crippen LogP) is 1.29. The maximum atomic E-state index is 12.2. The van der Waals surface area contributed by atoms with Crippen molar-refractivity contribution in [1.82, 2.24) is 10.2 Å². The number of rotatable bonds is 6. The Balaban J connectivity index is 0.00000256. The fourth-order valence-corrected chi connectivity index (χ4v) is 2.07. The van der Waals surface area contributed by atoms with E-state index in [-0.39, 0.29) is 18.3 Å². The van der Waals surface area contributed by atoms with Gasteiger partial charge in [0.15, 0.2) is 0 Å². The summed E-state index contributed by atoms with van der Waals surface area (Å²) in [4.78, 5) is 14.1. The number of nitrogens with one attached hydrogen (secondary N) is 1. The van der Waals surface area contributed by atoms with Crippen LogP contribution in [0.25, 0.3) is 0 Å². The summed E-state index contributed by atoms with van der Waals surface area (Å²) in [5.74, 6) is 0.534. The molecule has 0 saturated carbocycles. The van der Waals surface area contributed by atoms with Gasteiger partial charge in [-0.3, -0.25) is 4.79 Å². The number of likely N-dealkylation sites (N-methyl/N-ethyl adjacent to an activating group) is 1. The van der Waals surface area contributed by atoms with Crippen molar-refractivity contribution >= 4 is 18.3 Å². The molecule has 0 spiro atoms. The van der Waals surface area contributed by atoms with E-state index in [1.54, 1.807) is 0 Å². The highest BCUT2D eigenvalue weighted by Gasteiger charge is 2.24. The minimum atomic E-state index is 0. The smallest absolute Gasteiger partial charge is 0.225 e. The number of hydrogen-bond donors (Lipinski definition) is 1. The van der Waals surface area contributed by atoms with Gasteiger partial charge in [0.05, 0.1) is 6.61 Å². The molecule has 0 atom stereocenters. The molecule has 0 aliphatic carbocycles. The van der Waals surface area contributed by atoms with Crippen molar-refractivity contribution in [1.29, 1.82) is 0 Å². The molecule has 0 aromatic carbocycles. The molecule has 0 aromatic rings. The Hall–Kier alpha value is -0.320. The lowest BCUT2D eigenvalue weighted by molar-refractivity contribution is -0.136. The lowest BCUT2D eigenvalue weighted by atomic mass is 9.96. The Labute approximate surface area is 110 Å². The van der Waals surface area contributed by atoms with Gasteiger partial charge in [-0.1, -0.05) is 0 Å². The molecule has 1 aliphatic heterocycles. The van der Waals surface area contributed by atoms with Gasteiger partial charge in [-0.25, -0.2) is 0 Å². The zero-order chi connectivity index (χ0) is 11.8. The first-order chi connectivity index (χ1) is 7.79. The van der Waals surface area contributed by atoms with Crippen LogP contribution in [0.2, 0.25) is 0 Å². The van der Waals surface area contributed by atoms with E-state index >= 15 is 0 Å². The van der Waals surface area contributed by atoms with Gasteiger partial charge in [0.1, 0.15) is 0 Å². The second-order valence-corrected chi connectivity index (χ2v) is 4.14. The van der Waals surface area contributed by atoms with Crippen LogP contribution in [0.15, 0.2) is 0 Å². The van der Waals surface area contributed by atoms with Crippen LogP contribution in [0.4, 0.5) is 0 Å². The van der Waals surface area contributed by atoms with Crippen LogP contribution in [0.5, 0.6) is 0 Å². The van der Waals surface area contributed by atoms with E-state index in [2.05, 4.69) is 5.32 Å². The van der Waals surface area contributed by atoms with Gasteiger partial charge < -0.3 is 15.0 Å². The Morgan fingerprint density at radius 1 is 1.35 bits per heavy atom. The van der Waals surface area contributed by atoms with Gasteiger partial charge in [0.2, 0.25) is 5.91 Å². The standard InChI is InChI=1S/C12H24N2O2.ClH/c1-3-14(9-10-16-4-2)12(15)11-5-7-13-8-6-11;/h11,13H,3-10H2,1-2H3;1H. The lowest BCUT2D eigenvalue weighted by Gasteiger charge is -2.28. The van der Waals surface area contributed by atoms with E-state index in [0.29, 0.717) is 12.5 Å². The van der Waals surface area contributed by atoms with Gasteiger partial charge in [-0.2, -0.15) is 0 Å². The maximum absolute atomic E-state index is 12.2. The van der Waals surface area contributed by atoms with Gasteiger partial charge in [-0.05, 0) is 39.8 Å². The van der Waals surface area contributed by atoms with Crippen LogP contribution in [-0.2, 0) is 9.53 Å². The monoisotopic (exact) mass is 264 g/mol. The zero-order valence-corrected chi connectivity index (χ0v) is 11.7. The average molecular weight is 265 g/mol. The molecule has 1 rings (SSSR count). The predicted molar refractivity (Wildman–Crippen MR) is 71.6 cm³/mol. The van der Waals surface area contributed by atoms with Crippen molar-refractivity contribution in [2.24, 2.45) is 5.92 Å². The fourth-order valence-electron chi connectivity index (χ4n) is 2.07. The molecule has 0 bridgehead atoms. The Morgan fingerprint density at radius 2 is 2.00 bits per heavy atom. The number of carbonyl (C=O) groups excluding carboxylic acids is 1. The largest absolute Gasteiger partial charge is 0.380 e. The van der Waals surface area contributed by atoms with E-state index in [0.717, 1.165) is 45.6 Å². The highest BCUT2D eigenvalue weighted by atomic mass is 35.5. The highest BCUT2D eigenvalue weighted by molar-refractivity contribution is 5.85. The summed E-state index contributed by atoms with van der Waals surface area (Å²) < 4.78 is 5.30. The summed E-state index contributed by atoms with van der Waals surface area (Å²) >= 11 is 0. The lowest BCUT2D eigenvalue weighted by Crippen LogP contribution is -2.42. The molecule has 1 aliphatic rings.